The van der Waals surface area contributed by atoms with Crippen LogP contribution in [0.2, 0.25) is 0 Å². The third-order valence-electron chi connectivity index (χ3n) is 5.95. The van der Waals surface area contributed by atoms with Crippen LogP contribution in [0.5, 0.6) is 0 Å². The van der Waals surface area contributed by atoms with Crippen molar-refractivity contribution in [2.45, 2.75) is 46.0 Å². The topological polar surface area (TPSA) is 95.6 Å². The minimum absolute atomic E-state index is 0.0144. The van der Waals surface area contributed by atoms with Crippen LogP contribution in [0.25, 0.3) is 10.2 Å². The number of aryl methyl sites for hydroxylation is 2. The van der Waals surface area contributed by atoms with E-state index in [0.29, 0.717) is 50.9 Å². The number of fused-ring (bicyclic) bond motifs is 3. The van der Waals surface area contributed by atoms with Crippen molar-refractivity contribution < 1.29 is 14.3 Å². The van der Waals surface area contributed by atoms with Crippen LogP contribution in [-0.2, 0) is 28.8 Å². The van der Waals surface area contributed by atoms with E-state index in [1.54, 1.807) is 28.1 Å². The maximum Gasteiger partial charge on any atom is 0.409 e. The summed E-state index contributed by atoms with van der Waals surface area (Å²) in [6.07, 6.45) is 3.43. The Bertz CT molecular complexity index is 1010. The lowest BCUT2D eigenvalue weighted by atomic mass is 9.89. The zero-order chi connectivity index (χ0) is 21.3. The van der Waals surface area contributed by atoms with Crippen molar-refractivity contribution in [3.8, 4) is 0 Å². The molecule has 0 radical (unpaired) electrons. The van der Waals surface area contributed by atoms with Crippen molar-refractivity contribution in [1.29, 1.82) is 0 Å². The number of hydrogen-bond donors (Lipinski definition) is 1. The first-order valence-electron chi connectivity index (χ1n) is 10.7. The van der Waals surface area contributed by atoms with Crippen molar-refractivity contribution >= 4 is 33.6 Å². The number of thiophene rings is 1. The smallest absolute Gasteiger partial charge is 0.409 e. The molecule has 0 aromatic carbocycles. The highest BCUT2D eigenvalue weighted by atomic mass is 32.1. The molecule has 2 aromatic rings. The number of carbonyl (C=O) groups is 2. The molecular formula is C21H28N4O4S. The molecule has 0 unspecified atom stereocenters. The summed E-state index contributed by atoms with van der Waals surface area (Å²) in [6, 6.07) is 0. The number of nitrogens with one attached hydrogen (secondary N) is 1. The molecule has 162 valence electrons. The number of aromatic amines is 1. The molecule has 3 heterocycles. The standard InChI is InChI=1S/C21H28N4O4S/c1-3-29-21(28)25-10-8-24(9-11-25)17(26)7-6-16-22-19(27)18-14-5-4-13(2)12-15(14)30-20(18)23-16/h13H,3-12H2,1-2H3,(H,22,23,27)/t13-/m1/s1. The second-order valence-electron chi connectivity index (χ2n) is 8.11. The van der Waals surface area contributed by atoms with Crippen LogP contribution in [0.4, 0.5) is 4.79 Å². The summed E-state index contributed by atoms with van der Waals surface area (Å²) in [5.74, 6) is 1.23. The number of aromatic nitrogens is 2. The first-order chi connectivity index (χ1) is 14.5. The van der Waals surface area contributed by atoms with E-state index >= 15 is 0 Å². The lowest BCUT2D eigenvalue weighted by molar-refractivity contribution is -0.132. The minimum Gasteiger partial charge on any atom is -0.450 e. The molecule has 8 nitrogen and oxygen atoms in total. The Balaban J connectivity index is 1.38. The van der Waals surface area contributed by atoms with E-state index in [9.17, 15) is 14.4 Å². The second kappa shape index (κ2) is 8.75. The van der Waals surface area contributed by atoms with Gasteiger partial charge in [0.2, 0.25) is 5.91 Å². The molecule has 1 aliphatic heterocycles. The average Bonchev–Trinajstić information content (AvgIpc) is 3.10. The van der Waals surface area contributed by atoms with Crippen LogP contribution in [-0.4, -0.2) is 64.6 Å². The second-order valence-corrected chi connectivity index (χ2v) is 9.19. The molecule has 1 atom stereocenters. The van der Waals surface area contributed by atoms with Crippen LogP contribution in [0.15, 0.2) is 4.79 Å². The number of piperazine rings is 1. The van der Waals surface area contributed by atoms with Crippen LogP contribution in [0.1, 0.15) is 43.0 Å². The van der Waals surface area contributed by atoms with Crippen LogP contribution < -0.4 is 5.56 Å². The molecule has 30 heavy (non-hydrogen) atoms. The molecule has 1 fully saturated rings. The minimum atomic E-state index is -0.326. The molecule has 2 aliphatic rings. The van der Waals surface area contributed by atoms with Gasteiger partial charge in [-0.2, -0.15) is 0 Å². The van der Waals surface area contributed by atoms with Gasteiger partial charge < -0.3 is 19.5 Å². The molecule has 0 bridgehead atoms. The van der Waals surface area contributed by atoms with Crippen molar-refractivity contribution in [3.05, 3.63) is 26.6 Å². The monoisotopic (exact) mass is 432 g/mol. The molecule has 0 spiro atoms. The summed E-state index contributed by atoms with van der Waals surface area (Å²) >= 11 is 1.63. The average molecular weight is 433 g/mol. The Kier molecular flexibility index (Phi) is 6.08. The highest BCUT2D eigenvalue weighted by Gasteiger charge is 2.26. The van der Waals surface area contributed by atoms with E-state index in [1.165, 1.54) is 10.4 Å². The summed E-state index contributed by atoms with van der Waals surface area (Å²) in [5.41, 5.74) is 1.08. The summed E-state index contributed by atoms with van der Waals surface area (Å²) < 4.78 is 5.01. The fraction of sp³-hybridized carbons (Fsp3) is 0.619. The Morgan fingerprint density at radius 3 is 2.70 bits per heavy atom. The molecule has 0 saturated carbocycles. The number of H-pyrrole nitrogens is 1. The van der Waals surface area contributed by atoms with Gasteiger partial charge in [0.1, 0.15) is 10.7 Å². The highest BCUT2D eigenvalue weighted by Crippen LogP contribution is 2.35. The van der Waals surface area contributed by atoms with Crippen molar-refractivity contribution in [3.63, 3.8) is 0 Å². The maximum atomic E-state index is 12.7. The van der Waals surface area contributed by atoms with Crippen molar-refractivity contribution in [1.82, 2.24) is 19.8 Å². The molecule has 9 heteroatoms. The Hall–Kier alpha value is -2.42. The number of hydrogen-bond acceptors (Lipinski definition) is 6. The first-order valence-corrected chi connectivity index (χ1v) is 11.5. The third-order valence-corrected chi connectivity index (χ3v) is 7.10. The van der Waals surface area contributed by atoms with E-state index in [4.69, 9.17) is 4.74 Å². The van der Waals surface area contributed by atoms with Crippen molar-refractivity contribution in [2.24, 2.45) is 5.92 Å². The number of amides is 2. The summed E-state index contributed by atoms with van der Waals surface area (Å²) in [7, 11) is 0. The number of rotatable bonds is 4. The summed E-state index contributed by atoms with van der Waals surface area (Å²) in [6.45, 7) is 6.32. The van der Waals surface area contributed by atoms with E-state index in [-0.39, 0.29) is 24.0 Å². The van der Waals surface area contributed by atoms with Gasteiger partial charge in [0.15, 0.2) is 0 Å². The largest absolute Gasteiger partial charge is 0.450 e. The van der Waals surface area contributed by atoms with Gasteiger partial charge in [0.05, 0.1) is 12.0 Å². The molecular weight excluding hydrogens is 404 g/mol. The predicted molar refractivity (Wildman–Crippen MR) is 115 cm³/mol. The lowest BCUT2D eigenvalue weighted by Crippen LogP contribution is -2.50. The fourth-order valence-corrected chi connectivity index (χ4v) is 5.65. The zero-order valence-electron chi connectivity index (χ0n) is 17.5. The van der Waals surface area contributed by atoms with Gasteiger partial charge >= 0.3 is 6.09 Å². The van der Waals surface area contributed by atoms with Gasteiger partial charge in [0.25, 0.3) is 5.56 Å². The maximum absolute atomic E-state index is 12.7. The molecule has 1 aliphatic carbocycles. The van der Waals surface area contributed by atoms with Gasteiger partial charge in [0, 0.05) is 43.9 Å². The van der Waals surface area contributed by atoms with Crippen LogP contribution in [0, 0.1) is 5.92 Å². The van der Waals surface area contributed by atoms with E-state index in [1.807, 2.05) is 0 Å². The van der Waals surface area contributed by atoms with E-state index in [0.717, 1.165) is 29.5 Å². The quantitative estimate of drug-likeness (QED) is 0.800. The number of nitrogens with zero attached hydrogens (tertiary/aromatic N) is 3. The highest BCUT2D eigenvalue weighted by molar-refractivity contribution is 7.18. The SMILES string of the molecule is CCOC(=O)N1CCN(C(=O)CCc2nc3sc4c(c3c(=O)[nH]2)CC[C@@H](C)C4)CC1. The van der Waals surface area contributed by atoms with Crippen molar-refractivity contribution in [2.75, 3.05) is 32.8 Å². The van der Waals surface area contributed by atoms with Gasteiger partial charge in [-0.1, -0.05) is 6.92 Å². The molecule has 2 aromatic heterocycles. The summed E-state index contributed by atoms with van der Waals surface area (Å²) in [5, 5.41) is 0.743. The Morgan fingerprint density at radius 2 is 1.97 bits per heavy atom. The lowest BCUT2D eigenvalue weighted by Gasteiger charge is -2.34. The number of carbonyl (C=O) groups excluding carboxylic acids is 2. The predicted octanol–water partition coefficient (Wildman–Crippen LogP) is 2.34. The third kappa shape index (κ3) is 4.21. The van der Waals surface area contributed by atoms with Gasteiger partial charge in [-0.25, -0.2) is 9.78 Å². The van der Waals surface area contributed by atoms with Crippen LogP contribution in [0.3, 0.4) is 0 Å². The first kappa shape index (κ1) is 20.8. The molecule has 2 amide bonds. The molecule has 1 saturated heterocycles. The molecule has 1 N–H and O–H groups in total. The Labute approximate surface area is 179 Å². The summed E-state index contributed by atoms with van der Waals surface area (Å²) in [4.78, 5) is 50.1. The van der Waals surface area contributed by atoms with Gasteiger partial charge in [-0.05, 0) is 37.7 Å². The normalized spacial score (nSPS) is 19.1. The fourth-order valence-electron chi connectivity index (χ4n) is 4.25. The molecule has 4 rings (SSSR count). The van der Waals surface area contributed by atoms with Gasteiger partial charge in [-0.15, -0.1) is 11.3 Å². The Morgan fingerprint density at radius 1 is 1.23 bits per heavy atom. The zero-order valence-corrected chi connectivity index (χ0v) is 18.3. The number of ether oxygens (including phenoxy) is 1. The van der Waals surface area contributed by atoms with Gasteiger partial charge in [-0.3, -0.25) is 9.59 Å². The van der Waals surface area contributed by atoms with Crippen LogP contribution >= 0.6 is 11.3 Å². The van der Waals surface area contributed by atoms with E-state index in [2.05, 4.69) is 16.9 Å². The van der Waals surface area contributed by atoms with E-state index < -0.39 is 0 Å².